The van der Waals surface area contributed by atoms with Crippen LogP contribution in [0.1, 0.15) is 57.8 Å². The predicted molar refractivity (Wildman–Crippen MR) is 90.3 cm³/mol. The Labute approximate surface area is 126 Å². The average molecular weight is 287 g/mol. The van der Waals surface area contributed by atoms with Gasteiger partial charge in [0.2, 0.25) is 0 Å². The fourth-order valence-electron chi connectivity index (χ4n) is 2.51. The maximum Gasteiger partial charge on any atom is 0.00675 e. The Balaban J connectivity index is 3.62. The number of rotatable bonds is 16. The standard InChI is InChI=1S/C16H38N4/c1-18-13-8-11-16(20-15-9-14-19-2)10-6-4-3-5-7-12-17/h16,18-20H,3-15,17H2,1-2H3. The molecule has 0 aromatic rings. The zero-order valence-corrected chi connectivity index (χ0v) is 13.8. The lowest BCUT2D eigenvalue weighted by molar-refractivity contribution is 0.415. The maximum absolute atomic E-state index is 5.52. The third kappa shape index (κ3) is 14.3. The highest BCUT2D eigenvalue weighted by Crippen LogP contribution is 2.10. The van der Waals surface area contributed by atoms with Gasteiger partial charge in [-0.1, -0.05) is 25.7 Å². The van der Waals surface area contributed by atoms with Gasteiger partial charge in [0, 0.05) is 6.04 Å². The molecule has 1 unspecified atom stereocenters. The maximum atomic E-state index is 5.52. The predicted octanol–water partition coefficient (Wildman–Crippen LogP) is 1.85. The highest BCUT2D eigenvalue weighted by Gasteiger charge is 2.07. The zero-order valence-electron chi connectivity index (χ0n) is 13.8. The summed E-state index contributed by atoms with van der Waals surface area (Å²) < 4.78 is 0. The van der Waals surface area contributed by atoms with Gasteiger partial charge in [0.05, 0.1) is 0 Å². The number of hydrogen-bond acceptors (Lipinski definition) is 4. The molecule has 0 aliphatic rings. The van der Waals surface area contributed by atoms with E-state index in [1.165, 1.54) is 57.8 Å². The summed E-state index contributed by atoms with van der Waals surface area (Å²) in [5, 5.41) is 10.2. The second-order valence-electron chi connectivity index (χ2n) is 5.70. The zero-order chi connectivity index (χ0) is 14.9. The molecule has 0 saturated heterocycles. The van der Waals surface area contributed by atoms with Crippen LogP contribution in [0.15, 0.2) is 0 Å². The van der Waals surface area contributed by atoms with Crippen LogP contribution < -0.4 is 21.7 Å². The lowest BCUT2D eigenvalue weighted by atomic mass is 10.0. The average Bonchev–Trinajstić information content (AvgIpc) is 2.46. The van der Waals surface area contributed by atoms with Gasteiger partial charge in [-0.05, 0) is 72.4 Å². The molecule has 5 N–H and O–H groups in total. The minimum absolute atomic E-state index is 0.703. The molecule has 0 aromatic carbocycles. The van der Waals surface area contributed by atoms with Gasteiger partial charge in [0.25, 0.3) is 0 Å². The second-order valence-corrected chi connectivity index (χ2v) is 5.70. The molecule has 0 heterocycles. The van der Waals surface area contributed by atoms with E-state index in [1.807, 2.05) is 14.1 Å². The first kappa shape index (κ1) is 19.8. The van der Waals surface area contributed by atoms with Gasteiger partial charge in [-0.25, -0.2) is 0 Å². The fourth-order valence-corrected chi connectivity index (χ4v) is 2.51. The van der Waals surface area contributed by atoms with Crippen molar-refractivity contribution in [2.24, 2.45) is 5.73 Å². The van der Waals surface area contributed by atoms with Crippen LogP contribution in [0.2, 0.25) is 0 Å². The molecule has 0 bridgehead atoms. The Hall–Kier alpha value is -0.160. The topological polar surface area (TPSA) is 62.1 Å². The van der Waals surface area contributed by atoms with Gasteiger partial charge in [-0.3, -0.25) is 0 Å². The van der Waals surface area contributed by atoms with Crippen molar-refractivity contribution in [3.63, 3.8) is 0 Å². The minimum atomic E-state index is 0.703. The van der Waals surface area contributed by atoms with E-state index in [1.54, 1.807) is 0 Å². The van der Waals surface area contributed by atoms with Crippen LogP contribution in [0.5, 0.6) is 0 Å². The lowest BCUT2D eigenvalue weighted by Gasteiger charge is -2.19. The van der Waals surface area contributed by atoms with Crippen molar-refractivity contribution < 1.29 is 0 Å². The molecule has 0 spiro atoms. The van der Waals surface area contributed by atoms with Gasteiger partial charge in [-0.2, -0.15) is 0 Å². The molecule has 4 nitrogen and oxygen atoms in total. The van der Waals surface area contributed by atoms with E-state index in [-0.39, 0.29) is 0 Å². The molecule has 0 radical (unpaired) electrons. The lowest BCUT2D eigenvalue weighted by Crippen LogP contribution is -2.32. The summed E-state index contributed by atoms with van der Waals surface area (Å²) in [4.78, 5) is 0. The summed E-state index contributed by atoms with van der Waals surface area (Å²) in [7, 11) is 4.05. The molecule has 0 fully saturated rings. The summed E-state index contributed by atoms with van der Waals surface area (Å²) in [6.07, 6.45) is 11.7. The van der Waals surface area contributed by atoms with Crippen LogP contribution in [0.25, 0.3) is 0 Å². The molecule has 0 rings (SSSR count). The van der Waals surface area contributed by atoms with Crippen LogP contribution in [0.4, 0.5) is 0 Å². The number of hydrogen-bond donors (Lipinski definition) is 4. The number of nitrogens with one attached hydrogen (secondary N) is 3. The Morgan fingerprint density at radius 3 is 2.00 bits per heavy atom. The largest absolute Gasteiger partial charge is 0.330 e. The van der Waals surface area contributed by atoms with E-state index < -0.39 is 0 Å². The van der Waals surface area contributed by atoms with Crippen LogP contribution >= 0.6 is 0 Å². The number of nitrogens with two attached hydrogens (primary N) is 1. The van der Waals surface area contributed by atoms with E-state index in [0.717, 1.165) is 26.2 Å². The summed E-state index contributed by atoms with van der Waals surface area (Å²) in [6, 6.07) is 0.703. The molecule has 0 aliphatic carbocycles. The summed E-state index contributed by atoms with van der Waals surface area (Å²) in [5.41, 5.74) is 5.52. The smallest absolute Gasteiger partial charge is 0.00675 e. The first-order valence-electron chi connectivity index (χ1n) is 8.57. The highest BCUT2D eigenvalue weighted by atomic mass is 14.9. The van der Waals surface area contributed by atoms with Gasteiger partial charge in [-0.15, -0.1) is 0 Å². The quantitative estimate of drug-likeness (QED) is 0.327. The molecule has 0 aromatic heterocycles. The second kappa shape index (κ2) is 16.9. The van der Waals surface area contributed by atoms with Gasteiger partial charge in [0.1, 0.15) is 0 Å². The van der Waals surface area contributed by atoms with Crippen molar-refractivity contribution in [1.82, 2.24) is 16.0 Å². The van der Waals surface area contributed by atoms with E-state index in [4.69, 9.17) is 5.73 Å². The Morgan fingerprint density at radius 2 is 1.30 bits per heavy atom. The monoisotopic (exact) mass is 286 g/mol. The van der Waals surface area contributed by atoms with Gasteiger partial charge < -0.3 is 21.7 Å². The molecule has 0 aliphatic heterocycles. The van der Waals surface area contributed by atoms with Gasteiger partial charge in [0.15, 0.2) is 0 Å². The van der Waals surface area contributed by atoms with Crippen molar-refractivity contribution in [2.45, 2.75) is 63.8 Å². The third-order valence-corrected chi connectivity index (χ3v) is 3.77. The molecular weight excluding hydrogens is 248 g/mol. The molecular formula is C16H38N4. The van der Waals surface area contributed by atoms with Crippen LogP contribution in [0, 0.1) is 0 Å². The molecule has 122 valence electrons. The van der Waals surface area contributed by atoms with Crippen LogP contribution in [-0.4, -0.2) is 46.3 Å². The van der Waals surface area contributed by atoms with Crippen molar-refractivity contribution in [3.05, 3.63) is 0 Å². The molecule has 0 saturated carbocycles. The van der Waals surface area contributed by atoms with Crippen molar-refractivity contribution in [2.75, 3.05) is 40.3 Å². The SMILES string of the molecule is CNCCCNC(CCCCCCCN)CCCNC. The van der Waals surface area contributed by atoms with Crippen molar-refractivity contribution >= 4 is 0 Å². The summed E-state index contributed by atoms with van der Waals surface area (Å²) in [5.74, 6) is 0. The van der Waals surface area contributed by atoms with E-state index in [0.29, 0.717) is 6.04 Å². The molecule has 1 atom stereocenters. The van der Waals surface area contributed by atoms with E-state index in [9.17, 15) is 0 Å². The first-order valence-corrected chi connectivity index (χ1v) is 8.57. The fraction of sp³-hybridized carbons (Fsp3) is 1.00. The molecule has 20 heavy (non-hydrogen) atoms. The highest BCUT2D eigenvalue weighted by molar-refractivity contribution is 4.68. The third-order valence-electron chi connectivity index (χ3n) is 3.77. The summed E-state index contributed by atoms with van der Waals surface area (Å²) >= 11 is 0. The summed E-state index contributed by atoms with van der Waals surface area (Å²) in [6.45, 7) is 4.22. The first-order chi connectivity index (χ1) is 9.85. The Morgan fingerprint density at radius 1 is 0.700 bits per heavy atom. The minimum Gasteiger partial charge on any atom is -0.330 e. The normalized spacial score (nSPS) is 12.8. The van der Waals surface area contributed by atoms with E-state index in [2.05, 4.69) is 16.0 Å². The van der Waals surface area contributed by atoms with Crippen LogP contribution in [0.3, 0.4) is 0 Å². The van der Waals surface area contributed by atoms with Crippen molar-refractivity contribution in [1.29, 1.82) is 0 Å². The Bertz CT molecular complexity index is 176. The number of unbranched alkanes of at least 4 members (excludes halogenated alkanes) is 4. The van der Waals surface area contributed by atoms with Crippen LogP contribution in [-0.2, 0) is 0 Å². The van der Waals surface area contributed by atoms with Gasteiger partial charge >= 0.3 is 0 Å². The van der Waals surface area contributed by atoms with Crippen molar-refractivity contribution in [3.8, 4) is 0 Å². The molecule has 4 heteroatoms. The van der Waals surface area contributed by atoms with E-state index >= 15 is 0 Å². The molecule has 0 amide bonds. The Kier molecular flexibility index (Phi) is 16.8.